The van der Waals surface area contributed by atoms with Crippen molar-refractivity contribution in [1.82, 2.24) is 0 Å². The molecule has 0 bridgehead atoms. The van der Waals surface area contributed by atoms with Crippen molar-refractivity contribution in [2.75, 3.05) is 19.8 Å². The number of hydrogen-bond acceptors (Lipinski definition) is 3. The van der Waals surface area contributed by atoms with Gasteiger partial charge in [0, 0.05) is 19.8 Å². The highest BCUT2D eigenvalue weighted by atomic mass is 28.4. The Morgan fingerprint density at radius 2 is 1.55 bits per heavy atom. The van der Waals surface area contributed by atoms with E-state index in [1.165, 1.54) is 29.5 Å². The molecular weight excluding hydrogens is 268 g/mol. The van der Waals surface area contributed by atoms with E-state index in [1.54, 1.807) is 0 Å². The lowest BCUT2D eigenvalue weighted by atomic mass is 9.87. The van der Waals surface area contributed by atoms with Gasteiger partial charge in [0.1, 0.15) is 0 Å². The number of rotatable bonds is 8. The molecule has 0 atom stereocenters. The predicted octanol–water partition coefficient (Wildman–Crippen LogP) is 3.39. The van der Waals surface area contributed by atoms with Crippen LogP contribution in [0, 0.1) is 0 Å². The van der Waals surface area contributed by atoms with Gasteiger partial charge in [0.2, 0.25) is 0 Å². The number of aryl methyl sites for hydroxylation is 2. The first-order valence-corrected chi connectivity index (χ1v) is 9.26. The molecule has 0 aromatic heterocycles. The lowest BCUT2D eigenvalue weighted by molar-refractivity contribution is 0.0845. The van der Waals surface area contributed by atoms with E-state index in [4.69, 9.17) is 13.3 Å². The molecule has 1 aromatic carbocycles. The number of hydrogen-bond donors (Lipinski definition) is 0. The van der Waals surface area contributed by atoms with E-state index < -0.39 is 8.80 Å². The maximum absolute atomic E-state index is 5.81. The van der Waals surface area contributed by atoms with Gasteiger partial charge in [-0.3, -0.25) is 0 Å². The smallest absolute Gasteiger partial charge is 0.371 e. The van der Waals surface area contributed by atoms with Crippen molar-refractivity contribution in [3.63, 3.8) is 0 Å². The van der Waals surface area contributed by atoms with Gasteiger partial charge in [0.25, 0.3) is 0 Å². The maximum atomic E-state index is 5.81. The van der Waals surface area contributed by atoms with Crippen LogP contribution in [0.3, 0.4) is 0 Å². The van der Waals surface area contributed by atoms with E-state index in [9.17, 15) is 0 Å². The summed E-state index contributed by atoms with van der Waals surface area (Å²) < 4.78 is 17.4. The molecule has 0 unspecified atom stereocenters. The molecule has 0 amide bonds. The van der Waals surface area contributed by atoms with Gasteiger partial charge in [0.05, 0.1) is 0 Å². The number of fused-ring (bicyclic) bond motifs is 1. The zero-order valence-corrected chi connectivity index (χ0v) is 13.6. The van der Waals surface area contributed by atoms with Crippen LogP contribution in [-0.2, 0) is 26.1 Å². The zero-order valence-electron chi connectivity index (χ0n) is 12.6. The SMILES string of the molecule is CCO[Si](/C=C/c1ccc2c(c1)CC2)(OCC)OCC. The normalized spacial score (nSPS) is 14.3. The summed E-state index contributed by atoms with van der Waals surface area (Å²) in [4.78, 5) is 0. The van der Waals surface area contributed by atoms with E-state index in [0.29, 0.717) is 19.8 Å². The Balaban J connectivity index is 2.15. The molecule has 2 rings (SSSR count). The van der Waals surface area contributed by atoms with Crippen LogP contribution in [0.5, 0.6) is 0 Å². The Kier molecular flexibility index (Phi) is 5.54. The molecule has 1 aromatic rings. The Morgan fingerprint density at radius 3 is 2.00 bits per heavy atom. The molecule has 0 heterocycles. The Labute approximate surface area is 122 Å². The fourth-order valence-electron chi connectivity index (χ4n) is 2.39. The zero-order chi connectivity index (χ0) is 14.4. The third kappa shape index (κ3) is 3.58. The van der Waals surface area contributed by atoms with Gasteiger partial charge in [-0.15, -0.1) is 0 Å². The average Bonchev–Trinajstić information content (AvgIpc) is 2.40. The van der Waals surface area contributed by atoms with Crippen molar-refractivity contribution in [2.24, 2.45) is 0 Å². The minimum absolute atomic E-state index is 0.598. The van der Waals surface area contributed by atoms with Crippen molar-refractivity contribution >= 4 is 14.9 Å². The molecule has 1 aliphatic rings. The van der Waals surface area contributed by atoms with Crippen molar-refractivity contribution in [3.8, 4) is 0 Å². The number of benzene rings is 1. The second-order valence-electron chi connectivity index (χ2n) is 4.76. The molecule has 20 heavy (non-hydrogen) atoms. The van der Waals surface area contributed by atoms with Crippen molar-refractivity contribution in [2.45, 2.75) is 33.6 Å². The summed E-state index contributed by atoms with van der Waals surface area (Å²) in [5.41, 5.74) is 6.14. The van der Waals surface area contributed by atoms with E-state index >= 15 is 0 Å². The van der Waals surface area contributed by atoms with Crippen LogP contribution in [0.25, 0.3) is 6.08 Å². The van der Waals surface area contributed by atoms with Crippen LogP contribution in [0.2, 0.25) is 0 Å². The molecule has 0 aliphatic heterocycles. The maximum Gasteiger partial charge on any atom is 0.529 e. The van der Waals surface area contributed by atoms with Gasteiger partial charge in [-0.1, -0.05) is 24.3 Å². The third-order valence-corrected chi connectivity index (χ3v) is 6.06. The minimum Gasteiger partial charge on any atom is -0.371 e. The molecule has 110 valence electrons. The van der Waals surface area contributed by atoms with Crippen LogP contribution in [0.15, 0.2) is 23.9 Å². The first kappa shape index (κ1) is 15.4. The second kappa shape index (κ2) is 7.18. The highest BCUT2D eigenvalue weighted by molar-refractivity contribution is 6.67. The van der Waals surface area contributed by atoms with Crippen LogP contribution in [0.4, 0.5) is 0 Å². The van der Waals surface area contributed by atoms with Crippen molar-refractivity contribution in [1.29, 1.82) is 0 Å². The van der Waals surface area contributed by atoms with Gasteiger partial charge in [-0.05, 0) is 56.0 Å². The largest absolute Gasteiger partial charge is 0.529 e. The van der Waals surface area contributed by atoms with E-state index in [1.807, 2.05) is 26.5 Å². The van der Waals surface area contributed by atoms with Crippen LogP contribution >= 0.6 is 0 Å². The molecule has 0 radical (unpaired) electrons. The Morgan fingerprint density at radius 1 is 0.950 bits per heavy atom. The lowest BCUT2D eigenvalue weighted by Crippen LogP contribution is -2.44. The van der Waals surface area contributed by atoms with E-state index in [-0.39, 0.29) is 0 Å². The molecule has 4 heteroatoms. The molecule has 0 spiro atoms. The first-order chi connectivity index (χ1) is 9.73. The molecule has 1 aliphatic carbocycles. The summed E-state index contributed by atoms with van der Waals surface area (Å²) in [6.07, 6.45) is 4.49. The second-order valence-corrected chi connectivity index (χ2v) is 7.17. The molecule has 0 N–H and O–H groups in total. The third-order valence-electron chi connectivity index (χ3n) is 3.41. The molecule has 0 saturated carbocycles. The van der Waals surface area contributed by atoms with Gasteiger partial charge < -0.3 is 13.3 Å². The van der Waals surface area contributed by atoms with E-state index in [2.05, 4.69) is 24.3 Å². The molecular formula is C16H24O3Si. The standard InChI is InChI=1S/C16H24O3Si/c1-4-17-20(18-5-2,19-6-3)12-11-14-7-8-15-9-10-16(15)13-14/h7-8,11-13H,4-6,9-10H2,1-3H3/b12-11+. The Bertz CT molecular complexity index is 454. The summed E-state index contributed by atoms with van der Waals surface area (Å²) >= 11 is 0. The monoisotopic (exact) mass is 292 g/mol. The molecule has 0 fully saturated rings. The summed E-state index contributed by atoms with van der Waals surface area (Å²) in [5.74, 6) is 0. The van der Waals surface area contributed by atoms with Gasteiger partial charge in [0.15, 0.2) is 0 Å². The molecule has 0 saturated heterocycles. The van der Waals surface area contributed by atoms with Crippen molar-refractivity contribution in [3.05, 3.63) is 40.6 Å². The van der Waals surface area contributed by atoms with Crippen LogP contribution in [0.1, 0.15) is 37.5 Å². The van der Waals surface area contributed by atoms with Crippen LogP contribution in [-0.4, -0.2) is 28.6 Å². The van der Waals surface area contributed by atoms with E-state index in [0.717, 1.165) is 0 Å². The summed E-state index contributed by atoms with van der Waals surface area (Å²) in [5, 5.41) is 0. The average molecular weight is 292 g/mol. The topological polar surface area (TPSA) is 27.7 Å². The highest BCUT2D eigenvalue weighted by Gasteiger charge is 2.37. The van der Waals surface area contributed by atoms with Gasteiger partial charge >= 0.3 is 8.80 Å². The fourth-order valence-corrected chi connectivity index (χ4v) is 4.53. The van der Waals surface area contributed by atoms with Gasteiger partial charge in [-0.25, -0.2) is 0 Å². The van der Waals surface area contributed by atoms with Crippen LogP contribution < -0.4 is 0 Å². The Hall–Kier alpha value is -0.943. The summed E-state index contributed by atoms with van der Waals surface area (Å²) in [6, 6.07) is 6.61. The minimum atomic E-state index is -2.67. The first-order valence-electron chi connectivity index (χ1n) is 7.46. The quantitative estimate of drug-likeness (QED) is 0.687. The lowest BCUT2D eigenvalue weighted by Gasteiger charge is -2.25. The summed E-state index contributed by atoms with van der Waals surface area (Å²) in [6.45, 7) is 7.71. The fraction of sp³-hybridized carbons (Fsp3) is 0.500. The van der Waals surface area contributed by atoms with Crippen molar-refractivity contribution < 1.29 is 13.3 Å². The predicted molar refractivity (Wildman–Crippen MR) is 83.5 cm³/mol. The van der Waals surface area contributed by atoms with Gasteiger partial charge in [-0.2, -0.15) is 0 Å². The highest BCUT2D eigenvalue weighted by Crippen LogP contribution is 2.24. The molecule has 3 nitrogen and oxygen atoms in total. The summed E-state index contributed by atoms with van der Waals surface area (Å²) in [7, 11) is -2.67.